The van der Waals surface area contributed by atoms with Crippen LogP contribution < -0.4 is 5.73 Å². The van der Waals surface area contributed by atoms with Crippen LogP contribution in [0.15, 0.2) is 0 Å². The topological polar surface area (TPSA) is 26.0 Å². The Labute approximate surface area is 154 Å². The molecule has 2 N–H and O–H groups in total. The second kappa shape index (κ2) is 14.2. The van der Waals surface area contributed by atoms with Crippen LogP contribution in [0, 0.1) is 17.8 Å². The third-order valence-electron chi connectivity index (χ3n) is 5.79. The summed E-state index contributed by atoms with van der Waals surface area (Å²) < 4.78 is 0. The van der Waals surface area contributed by atoms with Crippen LogP contribution in [0.4, 0.5) is 0 Å². The predicted molar refractivity (Wildman–Crippen MR) is 111 cm³/mol. The van der Waals surface area contributed by atoms with Gasteiger partial charge in [-0.15, -0.1) is 0 Å². The third kappa shape index (κ3) is 13.3. The fourth-order valence-electron chi connectivity index (χ4n) is 4.24. The van der Waals surface area contributed by atoms with Crippen LogP contribution >= 0.6 is 0 Å². The number of rotatable bonds is 16. The minimum atomic E-state index is -0.0138. The lowest BCUT2D eigenvalue weighted by Crippen LogP contribution is -2.35. The Hall–Kier alpha value is -0.0400. The molecular formula is C23H49N. The molecule has 3 atom stereocenters. The number of nitrogens with two attached hydrogens (primary N) is 1. The minimum absolute atomic E-state index is 0.0138. The molecule has 1 nitrogen and oxygen atoms in total. The zero-order valence-corrected chi connectivity index (χ0v) is 18.0. The summed E-state index contributed by atoms with van der Waals surface area (Å²) in [5, 5.41) is 0. The first kappa shape index (κ1) is 24.0. The highest BCUT2D eigenvalue weighted by Crippen LogP contribution is 2.31. The normalized spacial score (nSPS) is 16.1. The van der Waals surface area contributed by atoms with Crippen LogP contribution in [-0.4, -0.2) is 5.54 Å². The summed E-state index contributed by atoms with van der Waals surface area (Å²) in [6.45, 7) is 13.8. The van der Waals surface area contributed by atoms with Gasteiger partial charge in [0.05, 0.1) is 0 Å². The molecule has 1 heteroatoms. The quantitative estimate of drug-likeness (QED) is 0.306. The van der Waals surface area contributed by atoms with E-state index >= 15 is 0 Å². The molecule has 0 rings (SSSR count). The molecule has 0 aliphatic heterocycles. The average molecular weight is 340 g/mol. The maximum Gasteiger partial charge on any atom is 0.00996 e. The molecule has 0 spiro atoms. The summed E-state index contributed by atoms with van der Waals surface area (Å²) in [5.74, 6) is 2.70. The van der Waals surface area contributed by atoms with Gasteiger partial charge < -0.3 is 5.73 Å². The van der Waals surface area contributed by atoms with Gasteiger partial charge in [-0.2, -0.15) is 0 Å². The Morgan fingerprint density at radius 2 is 1.12 bits per heavy atom. The Morgan fingerprint density at radius 3 is 1.58 bits per heavy atom. The summed E-state index contributed by atoms with van der Waals surface area (Å²) in [6.07, 6.45) is 17.9. The van der Waals surface area contributed by atoms with E-state index in [1.807, 2.05) is 0 Å². The van der Waals surface area contributed by atoms with Crippen LogP contribution in [0.25, 0.3) is 0 Å². The van der Waals surface area contributed by atoms with Crippen molar-refractivity contribution in [2.75, 3.05) is 0 Å². The summed E-state index contributed by atoms with van der Waals surface area (Å²) >= 11 is 0. The molecule has 0 radical (unpaired) electrons. The molecule has 0 aliphatic rings. The minimum Gasteiger partial charge on any atom is -0.326 e. The van der Waals surface area contributed by atoms with Gasteiger partial charge in [0.2, 0.25) is 0 Å². The van der Waals surface area contributed by atoms with Gasteiger partial charge in [-0.05, 0) is 44.4 Å². The molecule has 0 aromatic heterocycles. The van der Waals surface area contributed by atoms with Crippen molar-refractivity contribution < 1.29 is 0 Å². The highest BCUT2D eigenvalue weighted by atomic mass is 14.7. The second-order valence-electron chi connectivity index (χ2n) is 9.06. The Balaban J connectivity index is 4.43. The van der Waals surface area contributed by atoms with E-state index in [1.54, 1.807) is 0 Å². The maximum absolute atomic E-state index is 6.38. The Bertz CT molecular complexity index is 266. The first-order valence-electron chi connectivity index (χ1n) is 11.1. The molecule has 0 saturated heterocycles. The molecule has 0 aromatic rings. The van der Waals surface area contributed by atoms with Crippen molar-refractivity contribution in [3.63, 3.8) is 0 Å². The highest BCUT2D eigenvalue weighted by molar-refractivity contribution is 4.79. The summed E-state index contributed by atoms with van der Waals surface area (Å²) in [7, 11) is 0. The van der Waals surface area contributed by atoms with E-state index in [2.05, 4.69) is 41.5 Å². The first-order valence-corrected chi connectivity index (χ1v) is 11.1. The van der Waals surface area contributed by atoms with E-state index in [0.717, 1.165) is 17.8 Å². The number of hydrogen-bond acceptors (Lipinski definition) is 1. The number of unbranched alkanes of at least 4 members (excludes halogenated alkanes) is 2. The Morgan fingerprint density at radius 1 is 0.667 bits per heavy atom. The monoisotopic (exact) mass is 339 g/mol. The smallest absolute Gasteiger partial charge is 0.00996 e. The highest BCUT2D eigenvalue weighted by Gasteiger charge is 2.22. The van der Waals surface area contributed by atoms with Crippen molar-refractivity contribution in [1.82, 2.24) is 0 Å². The van der Waals surface area contributed by atoms with Gasteiger partial charge in [0, 0.05) is 5.54 Å². The van der Waals surface area contributed by atoms with Gasteiger partial charge in [0.1, 0.15) is 0 Å². The van der Waals surface area contributed by atoms with Gasteiger partial charge in [0.15, 0.2) is 0 Å². The zero-order chi connectivity index (χ0) is 18.4. The Kier molecular flexibility index (Phi) is 14.1. The van der Waals surface area contributed by atoms with Crippen LogP contribution in [0.5, 0.6) is 0 Å². The van der Waals surface area contributed by atoms with Crippen LogP contribution in [0.2, 0.25) is 0 Å². The molecule has 0 aliphatic carbocycles. The van der Waals surface area contributed by atoms with E-state index < -0.39 is 0 Å². The van der Waals surface area contributed by atoms with Crippen molar-refractivity contribution in [2.24, 2.45) is 23.5 Å². The van der Waals surface area contributed by atoms with Crippen molar-refractivity contribution in [2.45, 2.75) is 131 Å². The van der Waals surface area contributed by atoms with Crippen LogP contribution in [0.1, 0.15) is 125 Å². The van der Waals surface area contributed by atoms with Crippen molar-refractivity contribution in [3.05, 3.63) is 0 Å². The summed E-state index contributed by atoms with van der Waals surface area (Å²) in [4.78, 5) is 0. The second-order valence-corrected chi connectivity index (χ2v) is 9.06. The predicted octanol–water partition coefficient (Wildman–Crippen LogP) is 7.72. The molecule has 3 unspecified atom stereocenters. The fourth-order valence-corrected chi connectivity index (χ4v) is 4.24. The third-order valence-corrected chi connectivity index (χ3v) is 5.79. The molecule has 0 fully saturated rings. The first-order chi connectivity index (χ1) is 11.4. The van der Waals surface area contributed by atoms with E-state index in [1.165, 1.54) is 83.5 Å². The van der Waals surface area contributed by atoms with E-state index in [0.29, 0.717) is 0 Å². The van der Waals surface area contributed by atoms with Crippen molar-refractivity contribution in [1.29, 1.82) is 0 Å². The van der Waals surface area contributed by atoms with Crippen LogP contribution in [-0.2, 0) is 0 Å². The molecule has 0 bridgehead atoms. The van der Waals surface area contributed by atoms with Crippen molar-refractivity contribution >= 4 is 0 Å². The standard InChI is InChI=1S/C23H49N/c1-7-11-14-20(9-3)16-13-17-22(19-23(5,6)24)18-21(10-4)15-12-8-2/h20-22H,7-19,24H2,1-6H3. The van der Waals surface area contributed by atoms with Gasteiger partial charge in [-0.1, -0.05) is 98.3 Å². The molecule has 0 aromatic carbocycles. The lowest BCUT2D eigenvalue weighted by atomic mass is 9.79. The largest absolute Gasteiger partial charge is 0.326 e. The number of hydrogen-bond donors (Lipinski definition) is 1. The zero-order valence-electron chi connectivity index (χ0n) is 18.0. The van der Waals surface area contributed by atoms with Crippen LogP contribution in [0.3, 0.4) is 0 Å². The van der Waals surface area contributed by atoms with Gasteiger partial charge in [-0.3, -0.25) is 0 Å². The van der Waals surface area contributed by atoms with E-state index in [4.69, 9.17) is 5.73 Å². The van der Waals surface area contributed by atoms with Gasteiger partial charge >= 0.3 is 0 Å². The molecular weight excluding hydrogens is 290 g/mol. The average Bonchev–Trinajstić information content (AvgIpc) is 2.52. The van der Waals surface area contributed by atoms with Gasteiger partial charge in [0.25, 0.3) is 0 Å². The fraction of sp³-hybridized carbons (Fsp3) is 1.00. The van der Waals surface area contributed by atoms with Gasteiger partial charge in [-0.25, -0.2) is 0 Å². The maximum atomic E-state index is 6.38. The van der Waals surface area contributed by atoms with Crippen molar-refractivity contribution in [3.8, 4) is 0 Å². The van der Waals surface area contributed by atoms with E-state index in [-0.39, 0.29) is 5.54 Å². The summed E-state index contributed by atoms with van der Waals surface area (Å²) in [6, 6.07) is 0. The summed E-state index contributed by atoms with van der Waals surface area (Å²) in [5.41, 5.74) is 6.36. The molecule has 24 heavy (non-hydrogen) atoms. The molecule has 146 valence electrons. The SMILES string of the molecule is CCCCC(CC)CCCC(CC(CC)CCCC)CC(C)(C)N. The molecule has 0 heterocycles. The lowest BCUT2D eigenvalue weighted by molar-refractivity contribution is 0.256. The molecule has 0 amide bonds. The lowest BCUT2D eigenvalue weighted by Gasteiger charge is -2.29. The van der Waals surface area contributed by atoms with E-state index in [9.17, 15) is 0 Å². The molecule has 0 saturated carbocycles.